The summed E-state index contributed by atoms with van der Waals surface area (Å²) in [5.74, 6) is 0. The Morgan fingerprint density at radius 1 is 2.00 bits per heavy atom. The molecule has 0 atom stereocenters. The molecule has 0 rings (SSSR count). The maximum atomic E-state index is 7.99. The maximum absolute atomic E-state index is 7.99. The van der Waals surface area contributed by atoms with E-state index in [2.05, 4.69) is 4.79 Å². The van der Waals surface area contributed by atoms with Gasteiger partial charge in [0.25, 0.3) is 0 Å². The Hall–Kier alpha value is -1.13. The molecule has 0 saturated carbocycles. The molecular weight excluding hydrogens is 90.1 g/mol. The first kappa shape index (κ1) is 5.87. The minimum Gasteiger partial charge on any atom is -0.360 e. The largest absolute Gasteiger partial charge is 0.367 e. The van der Waals surface area contributed by atoms with E-state index >= 15 is 0 Å². The van der Waals surface area contributed by atoms with Gasteiger partial charge in [-0.1, -0.05) is 6.92 Å². The van der Waals surface area contributed by atoms with Crippen LogP contribution in [-0.2, 0) is 0 Å². The SMILES string of the molecule is CCC(C#N)=[N+]=[N-]. The number of hydrogen-bond donors (Lipinski definition) is 0. The average Bonchev–Trinajstić information content (AvgIpc) is 1.72. The van der Waals surface area contributed by atoms with Crippen LogP contribution in [0.2, 0.25) is 0 Å². The molecular formula is C4H5N3. The molecule has 0 radical (unpaired) electrons. The molecule has 0 unspecified atom stereocenters. The lowest BCUT2D eigenvalue weighted by atomic mass is 10.3. The zero-order valence-corrected chi connectivity index (χ0v) is 4.05. The topological polar surface area (TPSA) is 60.2 Å². The van der Waals surface area contributed by atoms with Crippen molar-refractivity contribution in [3.63, 3.8) is 0 Å². The van der Waals surface area contributed by atoms with Gasteiger partial charge in [-0.3, -0.25) is 0 Å². The van der Waals surface area contributed by atoms with Crippen molar-refractivity contribution in [2.45, 2.75) is 13.3 Å². The van der Waals surface area contributed by atoms with E-state index in [4.69, 9.17) is 10.8 Å². The highest BCUT2D eigenvalue weighted by Gasteiger charge is 1.96. The molecule has 0 saturated heterocycles. The van der Waals surface area contributed by atoms with Crippen LogP contribution >= 0.6 is 0 Å². The van der Waals surface area contributed by atoms with Crippen LogP contribution in [0.15, 0.2) is 0 Å². The molecule has 0 heterocycles. The van der Waals surface area contributed by atoms with Crippen molar-refractivity contribution in [3.05, 3.63) is 5.53 Å². The van der Waals surface area contributed by atoms with E-state index in [0.29, 0.717) is 6.42 Å². The summed E-state index contributed by atoms with van der Waals surface area (Å²) < 4.78 is 0. The Balaban J connectivity index is 3.95. The molecule has 0 amide bonds. The summed E-state index contributed by atoms with van der Waals surface area (Å²) >= 11 is 0. The Morgan fingerprint density at radius 3 is 2.57 bits per heavy atom. The Morgan fingerprint density at radius 2 is 2.57 bits per heavy atom. The van der Waals surface area contributed by atoms with Gasteiger partial charge in [0.1, 0.15) is 0 Å². The predicted octanol–water partition coefficient (Wildman–Crippen LogP) is 0.591. The average molecular weight is 95.1 g/mol. The lowest BCUT2D eigenvalue weighted by Crippen LogP contribution is -1.89. The van der Waals surface area contributed by atoms with Crippen molar-refractivity contribution < 1.29 is 4.79 Å². The number of rotatable bonds is 1. The number of hydrogen-bond acceptors (Lipinski definition) is 1. The van der Waals surface area contributed by atoms with Gasteiger partial charge < -0.3 is 5.53 Å². The molecule has 36 valence electrons. The van der Waals surface area contributed by atoms with E-state index in [-0.39, 0.29) is 5.71 Å². The summed E-state index contributed by atoms with van der Waals surface area (Å²) in [7, 11) is 0. The quantitative estimate of drug-likeness (QED) is 0.267. The highest BCUT2D eigenvalue weighted by Crippen LogP contribution is 1.73. The Bertz CT molecular complexity index is 136. The second-order valence-corrected chi connectivity index (χ2v) is 1.01. The smallest absolute Gasteiger partial charge is 0.360 e. The van der Waals surface area contributed by atoms with Gasteiger partial charge in [-0.25, -0.2) is 0 Å². The molecule has 0 fully saturated rings. The van der Waals surface area contributed by atoms with Crippen LogP contribution in [0.25, 0.3) is 5.53 Å². The zero-order valence-electron chi connectivity index (χ0n) is 4.05. The summed E-state index contributed by atoms with van der Waals surface area (Å²) in [6, 6.07) is 1.70. The molecule has 7 heavy (non-hydrogen) atoms. The summed E-state index contributed by atoms with van der Waals surface area (Å²) in [4.78, 5) is 2.68. The van der Waals surface area contributed by atoms with Crippen LogP contribution in [0.1, 0.15) is 13.3 Å². The van der Waals surface area contributed by atoms with E-state index < -0.39 is 0 Å². The van der Waals surface area contributed by atoms with Crippen LogP contribution in [0.3, 0.4) is 0 Å². The van der Waals surface area contributed by atoms with Crippen LogP contribution in [-0.4, -0.2) is 10.5 Å². The third-order valence-corrected chi connectivity index (χ3v) is 0.585. The molecule has 0 aromatic heterocycles. The standard InChI is InChI=1S/C4H5N3/c1-2-4(3-5)7-6/h2H2,1H3. The van der Waals surface area contributed by atoms with Crippen molar-refractivity contribution in [1.29, 1.82) is 5.26 Å². The van der Waals surface area contributed by atoms with Gasteiger partial charge in [0.05, 0.1) is 6.42 Å². The first-order chi connectivity index (χ1) is 3.35. The third-order valence-electron chi connectivity index (χ3n) is 0.585. The van der Waals surface area contributed by atoms with E-state index in [9.17, 15) is 0 Å². The molecule has 0 aliphatic carbocycles. The molecule has 0 aromatic carbocycles. The summed E-state index contributed by atoms with van der Waals surface area (Å²) in [6.07, 6.45) is 0.493. The molecule has 0 bridgehead atoms. The van der Waals surface area contributed by atoms with Gasteiger partial charge in [0, 0.05) is 0 Å². The highest BCUT2D eigenvalue weighted by molar-refractivity contribution is 5.93. The number of nitriles is 1. The van der Waals surface area contributed by atoms with Crippen LogP contribution in [0.4, 0.5) is 0 Å². The van der Waals surface area contributed by atoms with Gasteiger partial charge in [0.2, 0.25) is 0 Å². The fourth-order valence-corrected chi connectivity index (χ4v) is 0.172. The maximum Gasteiger partial charge on any atom is 0.367 e. The third kappa shape index (κ3) is 1.69. The Labute approximate surface area is 41.8 Å². The molecule has 0 N–H and O–H groups in total. The number of nitrogens with zero attached hydrogens (tertiary/aromatic N) is 3. The minimum absolute atomic E-state index is 0.167. The summed E-state index contributed by atoms with van der Waals surface area (Å²) in [5, 5.41) is 7.99. The molecule has 3 nitrogen and oxygen atoms in total. The van der Waals surface area contributed by atoms with Gasteiger partial charge in [-0.15, -0.1) is 0 Å². The Kier molecular flexibility index (Phi) is 2.58. The van der Waals surface area contributed by atoms with Crippen LogP contribution < -0.4 is 0 Å². The highest BCUT2D eigenvalue weighted by atomic mass is 14.8. The van der Waals surface area contributed by atoms with Crippen molar-refractivity contribution in [1.82, 2.24) is 0 Å². The molecule has 0 aliphatic heterocycles. The summed E-state index contributed by atoms with van der Waals surface area (Å²) in [6.45, 7) is 1.75. The van der Waals surface area contributed by atoms with Crippen molar-refractivity contribution in [2.75, 3.05) is 0 Å². The van der Waals surface area contributed by atoms with Crippen molar-refractivity contribution in [3.8, 4) is 6.07 Å². The van der Waals surface area contributed by atoms with E-state index in [1.165, 1.54) is 0 Å². The summed E-state index contributed by atoms with van der Waals surface area (Å²) in [5.41, 5.74) is 8.06. The fraction of sp³-hybridized carbons (Fsp3) is 0.500. The molecule has 0 aliphatic rings. The first-order valence-electron chi connectivity index (χ1n) is 1.96. The normalized spacial score (nSPS) is 6.29. The van der Waals surface area contributed by atoms with Crippen LogP contribution in [0, 0.1) is 11.3 Å². The van der Waals surface area contributed by atoms with E-state index in [1.54, 1.807) is 13.0 Å². The van der Waals surface area contributed by atoms with Crippen molar-refractivity contribution in [2.24, 2.45) is 0 Å². The molecule has 3 heteroatoms. The fourth-order valence-electron chi connectivity index (χ4n) is 0.172. The van der Waals surface area contributed by atoms with E-state index in [0.717, 1.165) is 0 Å². The predicted molar refractivity (Wildman–Crippen MR) is 24.5 cm³/mol. The van der Waals surface area contributed by atoms with Gasteiger partial charge in [0.15, 0.2) is 6.07 Å². The van der Waals surface area contributed by atoms with Gasteiger partial charge in [-0.2, -0.15) is 10.1 Å². The lowest BCUT2D eigenvalue weighted by Gasteiger charge is -1.64. The minimum atomic E-state index is 0.167. The second-order valence-electron chi connectivity index (χ2n) is 1.01. The van der Waals surface area contributed by atoms with Gasteiger partial charge >= 0.3 is 5.71 Å². The first-order valence-corrected chi connectivity index (χ1v) is 1.96. The van der Waals surface area contributed by atoms with Crippen molar-refractivity contribution >= 4 is 5.71 Å². The second kappa shape index (κ2) is 3.08. The molecule has 0 aromatic rings. The monoisotopic (exact) mass is 95.0 g/mol. The van der Waals surface area contributed by atoms with Crippen LogP contribution in [0.5, 0.6) is 0 Å². The molecule has 0 spiro atoms. The lowest BCUT2D eigenvalue weighted by molar-refractivity contribution is -0.00517. The van der Waals surface area contributed by atoms with E-state index in [1.807, 2.05) is 0 Å². The van der Waals surface area contributed by atoms with Gasteiger partial charge in [-0.05, 0) is 0 Å². The zero-order chi connectivity index (χ0) is 5.70.